The Bertz CT molecular complexity index is 758. The molecule has 20 heavy (non-hydrogen) atoms. The van der Waals surface area contributed by atoms with Crippen molar-refractivity contribution in [1.29, 1.82) is 0 Å². The molecule has 2 aromatic heterocycles. The fourth-order valence-electron chi connectivity index (χ4n) is 1.96. The van der Waals surface area contributed by atoms with Gasteiger partial charge < -0.3 is 5.32 Å². The number of pyridine rings is 1. The first-order valence-electron chi connectivity index (χ1n) is 6.14. The van der Waals surface area contributed by atoms with Gasteiger partial charge in [0.25, 0.3) is 0 Å². The van der Waals surface area contributed by atoms with Gasteiger partial charge in [0.1, 0.15) is 5.52 Å². The number of thiazole rings is 1. The molecule has 0 aliphatic carbocycles. The number of hydrogen-bond donors (Lipinski definition) is 1. The van der Waals surface area contributed by atoms with Crippen LogP contribution in [0.1, 0.15) is 6.92 Å². The van der Waals surface area contributed by atoms with Crippen LogP contribution in [0.2, 0.25) is 0 Å². The second-order valence-corrected chi connectivity index (χ2v) is 6.02. The standard InChI is InChI=1S/C14H11BrFN3S/c1-2-17-14-19-12-11(16)9(15)7-8(13(12)20-14)10-5-3-4-6-18-10/h3-7H,2H2,1H3,(H,17,19). The molecule has 0 bridgehead atoms. The lowest BCUT2D eigenvalue weighted by Crippen LogP contribution is -1.94. The number of fused-ring (bicyclic) bond motifs is 1. The molecule has 102 valence electrons. The van der Waals surface area contributed by atoms with Crippen LogP contribution in [-0.4, -0.2) is 16.5 Å². The van der Waals surface area contributed by atoms with Crippen LogP contribution in [0.3, 0.4) is 0 Å². The highest BCUT2D eigenvalue weighted by Gasteiger charge is 2.17. The summed E-state index contributed by atoms with van der Waals surface area (Å²) in [5, 5.41) is 3.85. The molecule has 0 unspecified atom stereocenters. The molecule has 6 heteroatoms. The van der Waals surface area contributed by atoms with Gasteiger partial charge in [0.15, 0.2) is 10.9 Å². The van der Waals surface area contributed by atoms with Crippen molar-refractivity contribution >= 4 is 42.6 Å². The van der Waals surface area contributed by atoms with E-state index in [4.69, 9.17) is 0 Å². The molecule has 2 heterocycles. The molecule has 3 rings (SSSR count). The van der Waals surface area contributed by atoms with Gasteiger partial charge >= 0.3 is 0 Å². The van der Waals surface area contributed by atoms with Crippen LogP contribution < -0.4 is 5.32 Å². The Morgan fingerprint density at radius 2 is 2.25 bits per heavy atom. The summed E-state index contributed by atoms with van der Waals surface area (Å²) in [5.41, 5.74) is 2.07. The van der Waals surface area contributed by atoms with E-state index in [1.807, 2.05) is 25.1 Å². The SMILES string of the molecule is CCNc1nc2c(F)c(Br)cc(-c3ccccn3)c2s1. The van der Waals surface area contributed by atoms with Crippen molar-refractivity contribution in [2.45, 2.75) is 6.92 Å². The van der Waals surface area contributed by atoms with Gasteiger partial charge in [0.2, 0.25) is 0 Å². The minimum Gasteiger partial charge on any atom is -0.362 e. The third-order valence-corrected chi connectivity index (χ3v) is 4.45. The number of benzene rings is 1. The lowest BCUT2D eigenvalue weighted by molar-refractivity contribution is 0.631. The molecule has 0 radical (unpaired) electrons. The normalized spacial score (nSPS) is 10.9. The molecule has 0 spiro atoms. The number of aromatic nitrogens is 2. The highest BCUT2D eigenvalue weighted by molar-refractivity contribution is 9.10. The molecule has 3 aromatic rings. The highest BCUT2D eigenvalue weighted by Crippen LogP contribution is 2.38. The average molecular weight is 352 g/mol. The first kappa shape index (κ1) is 13.5. The van der Waals surface area contributed by atoms with E-state index in [9.17, 15) is 4.39 Å². The van der Waals surface area contributed by atoms with Crippen molar-refractivity contribution in [3.8, 4) is 11.3 Å². The molecule has 0 saturated carbocycles. The number of rotatable bonds is 3. The van der Waals surface area contributed by atoms with Gasteiger partial charge in [0.05, 0.1) is 14.9 Å². The third-order valence-electron chi connectivity index (χ3n) is 2.83. The van der Waals surface area contributed by atoms with Gasteiger partial charge in [-0.05, 0) is 41.1 Å². The molecule has 0 fully saturated rings. The van der Waals surface area contributed by atoms with Crippen molar-refractivity contribution in [3.63, 3.8) is 0 Å². The Balaban J connectivity index is 2.29. The van der Waals surface area contributed by atoms with E-state index < -0.39 is 0 Å². The van der Waals surface area contributed by atoms with Crippen LogP contribution in [0.5, 0.6) is 0 Å². The Labute approximate surface area is 128 Å². The fourth-order valence-corrected chi connectivity index (χ4v) is 3.43. The zero-order chi connectivity index (χ0) is 14.1. The summed E-state index contributed by atoms with van der Waals surface area (Å²) in [6.45, 7) is 2.74. The Hall–Kier alpha value is -1.53. The first-order valence-corrected chi connectivity index (χ1v) is 7.75. The fraction of sp³-hybridized carbons (Fsp3) is 0.143. The predicted octanol–water partition coefficient (Wildman–Crippen LogP) is 4.69. The average Bonchev–Trinajstić information content (AvgIpc) is 2.88. The summed E-state index contributed by atoms with van der Waals surface area (Å²) in [5.74, 6) is -0.333. The Morgan fingerprint density at radius 3 is 2.95 bits per heavy atom. The summed E-state index contributed by atoms with van der Waals surface area (Å²) in [7, 11) is 0. The van der Waals surface area contributed by atoms with E-state index in [0.29, 0.717) is 9.99 Å². The summed E-state index contributed by atoms with van der Waals surface area (Å²) in [4.78, 5) is 8.66. The Morgan fingerprint density at radius 1 is 1.40 bits per heavy atom. The van der Waals surface area contributed by atoms with E-state index in [0.717, 1.165) is 27.6 Å². The van der Waals surface area contributed by atoms with Crippen molar-refractivity contribution in [2.24, 2.45) is 0 Å². The highest BCUT2D eigenvalue weighted by atomic mass is 79.9. The van der Waals surface area contributed by atoms with Crippen LogP contribution in [-0.2, 0) is 0 Å². The summed E-state index contributed by atoms with van der Waals surface area (Å²) >= 11 is 4.70. The van der Waals surface area contributed by atoms with Gasteiger partial charge in [-0.2, -0.15) is 0 Å². The van der Waals surface area contributed by atoms with E-state index in [1.54, 1.807) is 12.3 Å². The second kappa shape index (κ2) is 5.46. The van der Waals surface area contributed by atoms with Crippen LogP contribution >= 0.6 is 27.3 Å². The van der Waals surface area contributed by atoms with Crippen LogP contribution in [0, 0.1) is 5.82 Å². The van der Waals surface area contributed by atoms with Crippen molar-refractivity contribution < 1.29 is 4.39 Å². The van der Waals surface area contributed by atoms with Crippen LogP contribution in [0.25, 0.3) is 21.5 Å². The predicted molar refractivity (Wildman–Crippen MR) is 84.7 cm³/mol. The van der Waals surface area contributed by atoms with E-state index in [-0.39, 0.29) is 5.82 Å². The maximum atomic E-state index is 14.2. The second-order valence-electron chi connectivity index (χ2n) is 4.16. The number of nitrogens with zero attached hydrogens (tertiary/aromatic N) is 2. The summed E-state index contributed by atoms with van der Waals surface area (Å²) < 4.78 is 15.4. The van der Waals surface area contributed by atoms with Gasteiger partial charge in [0, 0.05) is 18.3 Å². The molecule has 0 atom stereocenters. The Kier molecular flexibility index (Phi) is 3.67. The van der Waals surface area contributed by atoms with Gasteiger partial charge in [-0.15, -0.1) is 0 Å². The lowest BCUT2D eigenvalue weighted by Gasteiger charge is -2.04. The molecular formula is C14H11BrFN3S. The molecule has 0 saturated heterocycles. The number of nitrogens with one attached hydrogen (secondary N) is 1. The topological polar surface area (TPSA) is 37.8 Å². The molecule has 3 nitrogen and oxygen atoms in total. The first-order chi connectivity index (χ1) is 9.70. The largest absolute Gasteiger partial charge is 0.362 e. The smallest absolute Gasteiger partial charge is 0.183 e. The van der Waals surface area contributed by atoms with Crippen LogP contribution in [0.15, 0.2) is 34.9 Å². The van der Waals surface area contributed by atoms with E-state index in [1.165, 1.54) is 11.3 Å². The zero-order valence-corrected chi connectivity index (χ0v) is 13.1. The maximum Gasteiger partial charge on any atom is 0.183 e. The summed E-state index contributed by atoms with van der Waals surface area (Å²) in [6.07, 6.45) is 1.73. The van der Waals surface area contributed by atoms with E-state index >= 15 is 0 Å². The molecule has 0 aliphatic heterocycles. The number of anilines is 1. The third kappa shape index (κ3) is 2.29. The minimum atomic E-state index is -0.333. The summed E-state index contributed by atoms with van der Waals surface area (Å²) in [6, 6.07) is 7.44. The van der Waals surface area contributed by atoms with Crippen molar-refractivity contribution in [2.75, 3.05) is 11.9 Å². The number of hydrogen-bond acceptors (Lipinski definition) is 4. The van der Waals surface area contributed by atoms with E-state index in [2.05, 4.69) is 31.2 Å². The number of halogens is 2. The zero-order valence-electron chi connectivity index (χ0n) is 10.7. The molecule has 1 N–H and O–H groups in total. The van der Waals surface area contributed by atoms with Crippen LogP contribution in [0.4, 0.5) is 9.52 Å². The molecular weight excluding hydrogens is 341 g/mol. The van der Waals surface area contributed by atoms with Crippen molar-refractivity contribution in [1.82, 2.24) is 9.97 Å². The molecule has 0 aliphatic rings. The van der Waals surface area contributed by atoms with Gasteiger partial charge in [-0.3, -0.25) is 4.98 Å². The molecule has 0 amide bonds. The quantitative estimate of drug-likeness (QED) is 0.743. The maximum absolute atomic E-state index is 14.2. The van der Waals surface area contributed by atoms with Crippen molar-refractivity contribution in [3.05, 3.63) is 40.8 Å². The van der Waals surface area contributed by atoms with Gasteiger partial charge in [-0.25, -0.2) is 9.37 Å². The monoisotopic (exact) mass is 351 g/mol. The lowest BCUT2D eigenvalue weighted by atomic mass is 10.1. The minimum absolute atomic E-state index is 0.333. The molecule has 1 aromatic carbocycles. The van der Waals surface area contributed by atoms with Gasteiger partial charge in [-0.1, -0.05) is 17.4 Å².